The molecule has 0 saturated heterocycles. The average molecular weight is 195 g/mol. The fraction of sp³-hybridized carbons (Fsp3) is 0.364. The Labute approximate surface area is 83.1 Å². The Morgan fingerprint density at radius 2 is 2.00 bits per heavy atom. The Kier molecular flexibility index (Phi) is 3.63. The van der Waals surface area contributed by atoms with Gasteiger partial charge in [-0.05, 0) is 24.6 Å². The highest BCUT2D eigenvalue weighted by Crippen LogP contribution is 2.12. The van der Waals surface area contributed by atoms with Crippen molar-refractivity contribution < 1.29 is 9.18 Å². The highest BCUT2D eigenvalue weighted by Gasteiger charge is 2.07. The molecule has 0 bridgehead atoms. The van der Waals surface area contributed by atoms with Crippen LogP contribution >= 0.6 is 0 Å². The molecule has 1 aromatic carbocycles. The second kappa shape index (κ2) is 4.74. The highest BCUT2D eigenvalue weighted by atomic mass is 19.1. The summed E-state index contributed by atoms with van der Waals surface area (Å²) in [6.45, 7) is 3.67. The van der Waals surface area contributed by atoms with Crippen LogP contribution in [0, 0.1) is 5.82 Å². The zero-order valence-electron chi connectivity index (χ0n) is 8.38. The number of halogens is 1. The molecule has 2 nitrogen and oxygen atoms in total. The Hall–Kier alpha value is -1.38. The van der Waals surface area contributed by atoms with Crippen molar-refractivity contribution in [3.8, 4) is 0 Å². The third-order valence-electron chi connectivity index (χ3n) is 2.07. The number of benzene rings is 1. The highest BCUT2D eigenvalue weighted by molar-refractivity contribution is 5.75. The summed E-state index contributed by atoms with van der Waals surface area (Å²) in [6, 6.07) is 6.07. The first-order chi connectivity index (χ1) is 6.63. The van der Waals surface area contributed by atoms with Gasteiger partial charge in [0.15, 0.2) is 0 Å². The van der Waals surface area contributed by atoms with Crippen molar-refractivity contribution in [1.82, 2.24) is 5.32 Å². The van der Waals surface area contributed by atoms with Crippen LogP contribution in [-0.4, -0.2) is 5.91 Å². The van der Waals surface area contributed by atoms with E-state index in [-0.39, 0.29) is 17.8 Å². The molecule has 1 aromatic rings. The predicted octanol–water partition coefficient (Wildman–Crippen LogP) is 2.41. The molecule has 0 spiro atoms. The molecule has 1 amide bonds. The normalized spacial score (nSPS) is 12.2. The second-order valence-electron chi connectivity index (χ2n) is 3.19. The van der Waals surface area contributed by atoms with Crippen molar-refractivity contribution in [2.75, 3.05) is 0 Å². The first-order valence-electron chi connectivity index (χ1n) is 4.68. The maximum Gasteiger partial charge on any atom is 0.220 e. The van der Waals surface area contributed by atoms with Crippen molar-refractivity contribution in [1.29, 1.82) is 0 Å². The molecule has 1 unspecified atom stereocenters. The minimum atomic E-state index is -0.261. The van der Waals surface area contributed by atoms with Gasteiger partial charge < -0.3 is 5.32 Å². The number of hydrogen-bond acceptors (Lipinski definition) is 1. The molecule has 0 fully saturated rings. The molecule has 0 saturated carbocycles. The van der Waals surface area contributed by atoms with Gasteiger partial charge in [0.05, 0.1) is 6.04 Å². The molecule has 1 rings (SSSR count). The summed E-state index contributed by atoms with van der Waals surface area (Å²) in [5.41, 5.74) is 0.910. The lowest BCUT2D eigenvalue weighted by atomic mass is 10.1. The minimum absolute atomic E-state index is 0.00169. The van der Waals surface area contributed by atoms with Crippen molar-refractivity contribution in [3.63, 3.8) is 0 Å². The van der Waals surface area contributed by atoms with Crippen LogP contribution in [0.1, 0.15) is 31.9 Å². The fourth-order valence-corrected chi connectivity index (χ4v) is 1.18. The lowest BCUT2D eigenvalue weighted by Crippen LogP contribution is -2.25. The van der Waals surface area contributed by atoms with E-state index < -0.39 is 0 Å². The quantitative estimate of drug-likeness (QED) is 0.788. The third kappa shape index (κ3) is 2.83. The van der Waals surface area contributed by atoms with Crippen LogP contribution in [0.15, 0.2) is 24.3 Å². The largest absolute Gasteiger partial charge is 0.350 e. The standard InChI is InChI=1S/C11H14FNO/c1-3-11(14)13-8(2)9-4-6-10(12)7-5-9/h4-8H,3H2,1-2H3,(H,13,14). The molecule has 0 aliphatic carbocycles. The lowest BCUT2D eigenvalue weighted by molar-refractivity contribution is -0.121. The molecule has 76 valence electrons. The van der Waals surface area contributed by atoms with Gasteiger partial charge in [-0.15, -0.1) is 0 Å². The van der Waals surface area contributed by atoms with E-state index in [1.807, 2.05) is 6.92 Å². The summed E-state index contributed by atoms with van der Waals surface area (Å²) < 4.78 is 12.6. The summed E-state index contributed by atoms with van der Waals surface area (Å²) in [4.78, 5) is 11.1. The fourth-order valence-electron chi connectivity index (χ4n) is 1.18. The summed E-state index contributed by atoms with van der Waals surface area (Å²) in [6.07, 6.45) is 0.464. The van der Waals surface area contributed by atoms with E-state index in [1.54, 1.807) is 19.1 Å². The summed E-state index contributed by atoms with van der Waals surface area (Å²) in [5, 5.41) is 2.80. The molecule has 1 N–H and O–H groups in total. The maximum atomic E-state index is 12.6. The van der Waals surface area contributed by atoms with Crippen LogP contribution in [0.5, 0.6) is 0 Å². The van der Waals surface area contributed by atoms with Crippen molar-refractivity contribution in [3.05, 3.63) is 35.6 Å². The van der Waals surface area contributed by atoms with Gasteiger partial charge in [-0.25, -0.2) is 4.39 Å². The number of hydrogen-bond donors (Lipinski definition) is 1. The Morgan fingerprint density at radius 1 is 1.43 bits per heavy atom. The first-order valence-corrected chi connectivity index (χ1v) is 4.68. The summed E-state index contributed by atoms with van der Waals surface area (Å²) in [7, 11) is 0. The molecule has 3 heteroatoms. The van der Waals surface area contributed by atoms with Crippen LogP contribution in [-0.2, 0) is 4.79 Å². The second-order valence-corrected chi connectivity index (χ2v) is 3.19. The van der Waals surface area contributed by atoms with Crippen LogP contribution in [0.4, 0.5) is 4.39 Å². The van der Waals surface area contributed by atoms with Gasteiger partial charge in [-0.3, -0.25) is 4.79 Å². The zero-order chi connectivity index (χ0) is 10.6. The van der Waals surface area contributed by atoms with Gasteiger partial charge in [0.25, 0.3) is 0 Å². The van der Waals surface area contributed by atoms with E-state index in [1.165, 1.54) is 12.1 Å². The predicted molar refractivity (Wildman–Crippen MR) is 53.2 cm³/mol. The third-order valence-corrected chi connectivity index (χ3v) is 2.07. The van der Waals surface area contributed by atoms with Gasteiger partial charge in [0.2, 0.25) is 5.91 Å². The average Bonchev–Trinajstić information content (AvgIpc) is 2.18. The van der Waals surface area contributed by atoms with Gasteiger partial charge in [-0.2, -0.15) is 0 Å². The smallest absolute Gasteiger partial charge is 0.220 e. The minimum Gasteiger partial charge on any atom is -0.350 e. The van der Waals surface area contributed by atoms with Crippen LogP contribution in [0.3, 0.4) is 0 Å². The molecular weight excluding hydrogens is 181 g/mol. The van der Waals surface area contributed by atoms with E-state index in [0.717, 1.165) is 5.56 Å². The number of nitrogens with one attached hydrogen (secondary N) is 1. The monoisotopic (exact) mass is 195 g/mol. The van der Waals surface area contributed by atoms with E-state index in [9.17, 15) is 9.18 Å². The Morgan fingerprint density at radius 3 is 2.50 bits per heavy atom. The number of amides is 1. The molecule has 14 heavy (non-hydrogen) atoms. The Bertz CT molecular complexity index is 308. The molecule has 0 radical (unpaired) electrons. The van der Waals surface area contributed by atoms with E-state index in [4.69, 9.17) is 0 Å². The van der Waals surface area contributed by atoms with Crippen LogP contribution in [0.2, 0.25) is 0 Å². The summed E-state index contributed by atoms with van der Waals surface area (Å²) in [5.74, 6) is -0.260. The first kappa shape index (κ1) is 10.7. The number of carbonyl (C=O) groups is 1. The Balaban J connectivity index is 2.65. The van der Waals surface area contributed by atoms with E-state index >= 15 is 0 Å². The van der Waals surface area contributed by atoms with Crippen molar-refractivity contribution in [2.24, 2.45) is 0 Å². The van der Waals surface area contributed by atoms with E-state index in [0.29, 0.717) is 6.42 Å². The molecule has 0 heterocycles. The van der Waals surface area contributed by atoms with Crippen LogP contribution in [0.25, 0.3) is 0 Å². The number of carbonyl (C=O) groups excluding carboxylic acids is 1. The molecule has 0 aliphatic heterocycles. The van der Waals surface area contributed by atoms with Gasteiger partial charge in [0, 0.05) is 6.42 Å². The van der Waals surface area contributed by atoms with Gasteiger partial charge >= 0.3 is 0 Å². The van der Waals surface area contributed by atoms with E-state index in [2.05, 4.69) is 5.32 Å². The van der Waals surface area contributed by atoms with Crippen molar-refractivity contribution in [2.45, 2.75) is 26.3 Å². The SMILES string of the molecule is CCC(=O)NC(C)c1ccc(F)cc1. The number of rotatable bonds is 3. The zero-order valence-corrected chi connectivity index (χ0v) is 8.38. The molecule has 1 atom stereocenters. The van der Waals surface area contributed by atoms with Gasteiger partial charge in [0.1, 0.15) is 5.82 Å². The summed E-state index contributed by atoms with van der Waals surface area (Å²) >= 11 is 0. The van der Waals surface area contributed by atoms with Crippen LogP contribution < -0.4 is 5.32 Å². The lowest BCUT2D eigenvalue weighted by Gasteiger charge is -2.13. The van der Waals surface area contributed by atoms with Crippen molar-refractivity contribution >= 4 is 5.91 Å². The van der Waals surface area contributed by atoms with Gasteiger partial charge in [-0.1, -0.05) is 19.1 Å². The molecule has 0 aliphatic rings. The topological polar surface area (TPSA) is 29.1 Å². The molecule has 0 aromatic heterocycles. The molecular formula is C11H14FNO. The maximum absolute atomic E-state index is 12.6.